The monoisotopic (exact) mass is 523 g/mol. The molecule has 1 aliphatic heterocycles. The van der Waals surface area contributed by atoms with Crippen LogP contribution in [0.5, 0.6) is 0 Å². The van der Waals surface area contributed by atoms with Crippen LogP contribution in [0.25, 0.3) is 0 Å². The van der Waals surface area contributed by atoms with Crippen LogP contribution in [0, 0.1) is 6.92 Å². The zero-order valence-electron chi connectivity index (χ0n) is 18.1. The molecule has 2 rings (SSSR count). The van der Waals surface area contributed by atoms with Crippen LogP contribution in [-0.2, 0) is 13.6 Å². The van der Waals surface area contributed by atoms with E-state index < -0.39 is 0 Å². The summed E-state index contributed by atoms with van der Waals surface area (Å²) >= 11 is 1.88. The first-order valence-corrected chi connectivity index (χ1v) is 11.4. The van der Waals surface area contributed by atoms with E-state index in [4.69, 9.17) is 4.99 Å². The number of thioether (sulfide) groups is 1. The molecule has 0 atom stereocenters. The van der Waals surface area contributed by atoms with E-state index in [0.29, 0.717) is 6.54 Å². The Bertz CT molecular complexity index is 597. The lowest BCUT2D eigenvalue weighted by atomic mass is 9.98. The number of aliphatic imine (C=N–C) groups is 1. The van der Waals surface area contributed by atoms with Crippen molar-refractivity contribution in [1.82, 2.24) is 30.3 Å². The van der Waals surface area contributed by atoms with Gasteiger partial charge < -0.3 is 15.2 Å². The van der Waals surface area contributed by atoms with E-state index in [1.54, 1.807) is 0 Å². The molecular weight excluding hydrogens is 485 g/mol. The molecule has 9 heteroatoms. The van der Waals surface area contributed by atoms with Crippen molar-refractivity contribution < 1.29 is 0 Å². The number of likely N-dealkylation sites (tertiary alicyclic amines) is 1. The van der Waals surface area contributed by atoms with Crippen molar-refractivity contribution in [2.24, 2.45) is 12.0 Å². The molecule has 28 heavy (non-hydrogen) atoms. The van der Waals surface area contributed by atoms with Gasteiger partial charge in [-0.3, -0.25) is 4.90 Å². The molecule has 0 saturated carbocycles. The second-order valence-corrected chi connectivity index (χ2v) is 8.86. The van der Waals surface area contributed by atoms with Gasteiger partial charge in [0, 0.05) is 25.7 Å². The van der Waals surface area contributed by atoms with Gasteiger partial charge in [-0.25, -0.2) is 4.99 Å². The highest BCUT2D eigenvalue weighted by Gasteiger charge is 2.27. The van der Waals surface area contributed by atoms with Crippen LogP contribution in [-0.4, -0.2) is 69.4 Å². The molecule has 1 aliphatic rings. The zero-order chi connectivity index (χ0) is 19.7. The predicted octanol–water partition coefficient (Wildman–Crippen LogP) is 2.79. The second-order valence-electron chi connectivity index (χ2n) is 7.87. The third-order valence-electron chi connectivity index (χ3n) is 5.28. The number of guanidine groups is 1. The van der Waals surface area contributed by atoms with Crippen molar-refractivity contribution in [2.45, 2.75) is 58.5 Å². The zero-order valence-corrected chi connectivity index (χ0v) is 21.3. The largest absolute Gasteiger partial charge is 0.356 e. The maximum absolute atomic E-state index is 4.76. The molecule has 1 aromatic rings. The number of hydrogen-bond acceptors (Lipinski definition) is 5. The number of aryl methyl sites for hydroxylation is 1. The molecule has 0 unspecified atom stereocenters. The fraction of sp³-hybridized carbons (Fsp3) is 0.842. The summed E-state index contributed by atoms with van der Waals surface area (Å²) in [4.78, 5) is 7.36. The topological polar surface area (TPSA) is 70.4 Å². The Hall–Kier alpha value is -0.550. The minimum absolute atomic E-state index is 0. The highest BCUT2D eigenvalue weighted by atomic mass is 127. The van der Waals surface area contributed by atoms with Crippen LogP contribution in [0.3, 0.4) is 0 Å². The fourth-order valence-electron chi connectivity index (χ4n) is 3.25. The lowest BCUT2D eigenvalue weighted by Gasteiger charge is -2.41. The standard InChI is InChI=1S/C19H37N7S.HI/c1-16-23-24-17(25(16)4)14-21-18(20-10-9-13-27-5)22-15-19(2,3)26-11-7-6-8-12-26;/h6-15H2,1-5H3,(H2,20,21,22);1H. The normalized spacial score (nSPS) is 16.0. The van der Waals surface area contributed by atoms with Gasteiger partial charge in [0.05, 0.1) is 0 Å². The Kier molecular flexibility index (Phi) is 11.7. The van der Waals surface area contributed by atoms with Crippen LogP contribution in [0.1, 0.15) is 51.2 Å². The van der Waals surface area contributed by atoms with Crippen molar-refractivity contribution in [3.05, 3.63) is 11.6 Å². The predicted molar refractivity (Wildman–Crippen MR) is 131 cm³/mol. The third-order valence-corrected chi connectivity index (χ3v) is 5.98. The number of rotatable bonds is 9. The highest BCUT2D eigenvalue weighted by molar-refractivity contribution is 14.0. The van der Waals surface area contributed by atoms with Crippen molar-refractivity contribution in [1.29, 1.82) is 0 Å². The molecule has 0 bridgehead atoms. The minimum atomic E-state index is 0. The molecule has 7 nitrogen and oxygen atoms in total. The third kappa shape index (κ3) is 8.06. The van der Waals surface area contributed by atoms with Crippen LogP contribution >= 0.6 is 35.7 Å². The van der Waals surface area contributed by atoms with E-state index in [0.717, 1.165) is 42.9 Å². The summed E-state index contributed by atoms with van der Waals surface area (Å²) in [6.45, 7) is 11.3. The van der Waals surface area contributed by atoms with Crippen LogP contribution in [0.2, 0.25) is 0 Å². The molecule has 2 heterocycles. The van der Waals surface area contributed by atoms with Gasteiger partial charge >= 0.3 is 0 Å². The van der Waals surface area contributed by atoms with E-state index in [1.165, 1.54) is 32.4 Å². The lowest BCUT2D eigenvalue weighted by Crippen LogP contribution is -2.55. The van der Waals surface area contributed by atoms with Crippen molar-refractivity contribution in [3.63, 3.8) is 0 Å². The van der Waals surface area contributed by atoms with Gasteiger partial charge in [0.25, 0.3) is 0 Å². The van der Waals surface area contributed by atoms with Gasteiger partial charge in [0.1, 0.15) is 12.4 Å². The van der Waals surface area contributed by atoms with Gasteiger partial charge in [0.2, 0.25) is 0 Å². The van der Waals surface area contributed by atoms with Crippen molar-refractivity contribution in [3.8, 4) is 0 Å². The fourth-order valence-corrected chi connectivity index (χ4v) is 3.68. The van der Waals surface area contributed by atoms with Crippen LogP contribution in [0.4, 0.5) is 0 Å². The number of nitrogens with zero attached hydrogens (tertiary/aromatic N) is 5. The maximum atomic E-state index is 4.76. The van der Waals surface area contributed by atoms with Gasteiger partial charge in [-0.1, -0.05) is 6.42 Å². The Morgan fingerprint density at radius 2 is 1.89 bits per heavy atom. The average Bonchev–Trinajstić information content (AvgIpc) is 2.99. The number of halogens is 1. The summed E-state index contributed by atoms with van der Waals surface area (Å²) in [5.74, 6) is 3.81. The van der Waals surface area contributed by atoms with E-state index in [2.05, 4.69) is 45.8 Å². The number of aromatic nitrogens is 3. The summed E-state index contributed by atoms with van der Waals surface area (Å²) in [6.07, 6.45) is 7.25. The van der Waals surface area contributed by atoms with Gasteiger partial charge in [-0.05, 0) is 65.1 Å². The number of piperidine rings is 1. The average molecular weight is 524 g/mol. The van der Waals surface area contributed by atoms with Gasteiger partial charge in [-0.2, -0.15) is 11.8 Å². The molecule has 0 radical (unpaired) electrons. The SMILES string of the molecule is CSCCCNC(=NCc1nnc(C)n1C)NCC(C)(C)N1CCCCC1.I. The van der Waals surface area contributed by atoms with Crippen LogP contribution < -0.4 is 10.6 Å². The summed E-state index contributed by atoms with van der Waals surface area (Å²) in [7, 11) is 1.98. The molecule has 1 fully saturated rings. The molecular formula is C19H38IN7S. The Labute approximate surface area is 191 Å². The molecule has 1 aromatic heterocycles. The first-order valence-electron chi connectivity index (χ1n) is 10.0. The first-order chi connectivity index (χ1) is 12.9. The van der Waals surface area contributed by atoms with Gasteiger partial charge in [0.15, 0.2) is 11.8 Å². The summed E-state index contributed by atoms with van der Waals surface area (Å²) in [6, 6.07) is 0. The molecule has 0 aromatic carbocycles. The molecule has 0 spiro atoms. The minimum Gasteiger partial charge on any atom is -0.356 e. The van der Waals surface area contributed by atoms with Gasteiger partial charge in [-0.15, -0.1) is 34.2 Å². The lowest BCUT2D eigenvalue weighted by molar-refractivity contribution is 0.0982. The molecule has 0 amide bonds. The number of nitrogens with one attached hydrogen (secondary N) is 2. The summed E-state index contributed by atoms with van der Waals surface area (Å²) in [5.41, 5.74) is 0.115. The van der Waals surface area contributed by atoms with E-state index >= 15 is 0 Å². The van der Waals surface area contributed by atoms with Crippen LogP contribution in [0.15, 0.2) is 4.99 Å². The Balaban J connectivity index is 0.00000392. The second kappa shape index (κ2) is 12.9. The first kappa shape index (κ1) is 25.5. The molecule has 2 N–H and O–H groups in total. The quantitative estimate of drug-likeness (QED) is 0.225. The Morgan fingerprint density at radius 1 is 1.18 bits per heavy atom. The molecule has 162 valence electrons. The maximum Gasteiger partial charge on any atom is 0.191 e. The van der Waals surface area contributed by atoms with Crippen molar-refractivity contribution >= 4 is 41.7 Å². The highest BCUT2D eigenvalue weighted by Crippen LogP contribution is 2.19. The van der Waals surface area contributed by atoms with E-state index in [1.807, 2.05) is 30.3 Å². The smallest absolute Gasteiger partial charge is 0.191 e. The van der Waals surface area contributed by atoms with E-state index in [-0.39, 0.29) is 29.5 Å². The number of hydrogen-bond donors (Lipinski definition) is 2. The van der Waals surface area contributed by atoms with E-state index in [9.17, 15) is 0 Å². The summed E-state index contributed by atoms with van der Waals surface area (Å²) in [5, 5.41) is 15.4. The summed E-state index contributed by atoms with van der Waals surface area (Å²) < 4.78 is 1.99. The molecule has 0 aliphatic carbocycles. The van der Waals surface area contributed by atoms with Crippen molar-refractivity contribution in [2.75, 3.05) is 38.2 Å². The molecule has 1 saturated heterocycles. The Morgan fingerprint density at radius 3 is 2.50 bits per heavy atom.